The summed E-state index contributed by atoms with van der Waals surface area (Å²) in [5.41, 5.74) is 1.81. The molecule has 2 heterocycles. The number of anilines is 1. The number of hydrogen-bond donors (Lipinski definition) is 1. The van der Waals surface area contributed by atoms with E-state index < -0.39 is 21.6 Å². The summed E-state index contributed by atoms with van der Waals surface area (Å²) in [6, 6.07) is 16.7. The lowest BCUT2D eigenvalue weighted by atomic mass is 9.74. The van der Waals surface area contributed by atoms with Crippen molar-refractivity contribution < 1.29 is 22.7 Å². The number of amides is 2. The van der Waals surface area contributed by atoms with Crippen LogP contribution in [0, 0.1) is 0 Å². The maximum atomic E-state index is 13.9. The van der Waals surface area contributed by atoms with Crippen LogP contribution in [0.2, 0.25) is 0 Å². The minimum Gasteiger partial charge on any atom is -0.374 e. The summed E-state index contributed by atoms with van der Waals surface area (Å²) in [5, 5.41) is 3.08. The third kappa shape index (κ3) is 5.87. The number of nitrogens with one attached hydrogen (secondary N) is 1. The van der Waals surface area contributed by atoms with E-state index in [1.807, 2.05) is 78.5 Å². The maximum absolute atomic E-state index is 13.9. The van der Waals surface area contributed by atoms with E-state index in [0.717, 1.165) is 42.5 Å². The number of fused-ring (bicyclic) bond motifs is 2. The molecule has 5 rings (SSSR count). The van der Waals surface area contributed by atoms with Gasteiger partial charge < -0.3 is 15.0 Å². The van der Waals surface area contributed by atoms with E-state index >= 15 is 0 Å². The van der Waals surface area contributed by atoms with Crippen LogP contribution in [-0.4, -0.2) is 88.2 Å². The van der Waals surface area contributed by atoms with Crippen LogP contribution in [-0.2, 0) is 36.4 Å². The van der Waals surface area contributed by atoms with Crippen molar-refractivity contribution in [3.63, 3.8) is 0 Å². The van der Waals surface area contributed by atoms with Gasteiger partial charge in [0.2, 0.25) is 21.8 Å². The third-order valence-corrected chi connectivity index (χ3v) is 10.5. The summed E-state index contributed by atoms with van der Waals surface area (Å²) in [6.45, 7) is 1.78. The first kappa shape index (κ1) is 29.5. The van der Waals surface area contributed by atoms with Crippen LogP contribution in [0.3, 0.4) is 0 Å². The van der Waals surface area contributed by atoms with Crippen LogP contribution in [0.25, 0.3) is 0 Å². The number of likely N-dealkylation sites (tertiary alicyclic amines) is 1. The quantitative estimate of drug-likeness (QED) is 0.488. The molecule has 2 aliphatic heterocycles. The highest BCUT2D eigenvalue weighted by molar-refractivity contribution is 7.92. The Bertz CT molecular complexity index is 1350. The number of piperidine rings is 1. The summed E-state index contributed by atoms with van der Waals surface area (Å²) >= 11 is 0. The molecule has 0 aromatic heterocycles. The molecule has 1 saturated carbocycles. The predicted octanol–water partition coefficient (Wildman–Crippen LogP) is 2.90. The Kier molecular flexibility index (Phi) is 8.46. The molecule has 0 bridgehead atoms. The Balaban J connectivity index is 1.31. The highest BCUT2D eigenvalue weighted by atomic mass is 32.2. The van der Waals surface area contributed by atoms with E-state index in [1.165, 1.54) is 10.6 Å². The van der Waals surface area contributed by atoms with E-state index in [1.54, 1.807) is 0 Å². The highest BCUT2D eigenvalue weighted by Crippen LogP contribution is 2.47. The van der Waals surface area contributed by atoms with Crippen LogP contribution in [0.5, 0.6) is 0 Å². The topological polar surface area (TPSA) is 99.3 Å². The number of carbonyl (C=O) groups excluding carboxylic acids is 2. The van der Waals surface area contributed by atoms with E-state index in [-0.39, 0.29) is 23.8 Å². The lowest BCUT2D eigenvalue weighted by Gasteiger charge is -2.41. The molecule has 1 atom stereocenters. The number of rotatable bonds is 9. The van der Waals surface area contributed by atoms with Crippen molar-refractivity contribution in [1.82, 2.24) is 15.1 Å². The molecule has 3 aliphatic rings. The number of nitrogens with zero attached hydrogens (tertiary/aromatic N) is 3. The summed E-state index contributed by atoms with van der Waals surface area (Å²) in [7, 11) is 0.437. The van der Waals surface area contributed by atoms with Gasteiger partial charge in [-0.25, -0.2) is 8.42 Å². The van der Waals surface area contributed by atoms with Crippen LogP contribution in [0.4, 0.5) is 5.69 Å². The fourth-order valence-electron chi connectivity index (χ4n) is 6.86. The van der Waals surface area contributed by atoms with E-state index in [9.17, 15) is 18.0 Å². The molecule has 2 amide bonds. The number of carbonyl (C=O) groups is 2. The molecule has 1 aliphatic carbocycles. The van der Waals surface area contributed by atoms with Crippen LogP contribution in [0.1, 0.15) is 49.7 Å². The smallest absolute Gasteiger partial charge is 0.247 e. The molecule has 0 radical (unpaired) electrons. The predicted molar refractivity (Wildman–Crippen MR) is 159 cm³/mol. The standard InChI is InChI=1S/C31H42N4O5S/c1-33(2)31(15-9-10-16-31)29(37)32-26(22-40-21-24-11-5-4-6-12-24)28(36)34-19-17-30(18-20-34)23-35(41(3,38)39)27-14-8-7-13-25(27)30/h4-8,11-14,26H,9-10,15-23H2,1-3H3,(H,32,37)/t26-/m1/s1. The second kappa shape index (κ2) is 11.7. The minimum atomic E-state index is -3.42. The molecule has 41 heavy (non-hydrogen) atoms. The zero-order valence-corrected chi connectivity index (χ0v) is 25.2. The third-order valence-electron chi connectivity index (χ3n) is 9.33. The van der Waals surface area contributed by atoms with Gasteiger partial charge in [0.1, 0.15) is 6.04 Å². The molecular formula is C31H42N4O5S. The Morgan fingerprint density at radius 1 is 0.976 bits per heavy atom. The molecule has 10 heteroatoms. The second-order valence-electron chi connectivity index (χ2n) is 12.1. The van der Waals surface area contributed by atoms with Gasteiger partial charge >= 0.3 is 0 Å². The Morgan fingerprint density at radius 2 is 1.61 bits per heavy atom. The van der Waals surface area contributed by atoms with E-state index in [2.05, 4.69) is 5.32 Å². The first-order valence-electron chi connectivity index (χ1n) is 14.5. The number of hydrogen-bond acceptors (Lipinski definition) is 6. The number of ether oxygens (including phenoxy) is 1. The Labute approximate surface area is 243 Å². The van der Waals surface area contributed by atoms with Crippen molar-refractivity contribution in [2.75, 3.05) is 50.9 Å². The molecule has 222 valence electrons. The number of para-hydroxylation sites is 1. The summed E-state index contributed by atoms with van der Waals surface area (Å²) in [5.74, 6) is -0.275. The average Bonchev–Trinajstić information content (AvgIpc) is 3.58. The van der Waals surface area contributed by atoms with Gasteiger partial charge in [0.05, 0.1) is 30.7 Å². The zero-order chi connectivity index (χ0) is 29.3. The first-order valence-corrected chi connectivity index (χ1v) is 16.4. The van der Waals surface area contributed by atoms with Gasteiger partial charge in [0.25, 0.3) is 0 Å². The van der Waals surface area contributed by atoms with Crippen molar-refractivity contribution in [3.8, 4) is 0 Å². The summed E-state index contributed by atoms with van der Waals surface area (Å²) in [4.78, 5) is 31.4. The molecule has 2 fully saturated rings. The van der Waals surface area contributed by atoms with Gasteiger partial charge in [-0.05, 0) is 57.0 Å². The number of benzene rings is 2. The average molecular weight is 583 g/mol. The maximum Gasteiger partial charge on any atom is 0.247 e. The van der Waals surface area contributed by atoms with E-state index in [0.29, 0.717) is 39.1 Å². The van der Waals surface area contributed by atoms with Crippen molar-refractivity contribution in [2.24, 2.45) is 0 Å². The molecule has 1 spiro atoms. The lowest BCUT2D eigenvalue weighted by molar-refractivity contribution is -0.143. The summed E-state index contributed by atoms with van der Waals surface area (Å²) in [6.07, 6.45) is 6.03. The van der Waals surface area contributed by atoms with Crippen molar-refractivity contribution in [1.29, 1.82) is 0 Å². The van der Waals surface area contributed by atoms with Gasteiger partial charge in [-0.3, -0.25) is 18.8 Å². The number of sulfonamides is 1. The van der Waals surface area contributed by atoms with E-state index in [4.69, 9.17) is 4.74 Å². The van der Waals surface area contributed by atoms with Gasteiger partial charge in [0, 0.05) is 25.0 Å². The Hall–Kier alpha value is -2.95. The van der Waals surface area contributed by atoms with Gasteiger partial charge in [-0.1, -0.05) is 61.4 Å². The van der Waals surface area contributed by atoms with Crippen molar-refractivity contribution in [3.05, 3.63) is 65.7 Å². The van der Waals surface area contributed by atoms with Gasteiger partial charge in [-0.15, -0.1) is 0 Å². The molecular weight excluding hydrogens is 540 g/mol. The SMILES string of the molecule is CN(C)C1(C(=O)N[C@H](COCc2ccccc2)C(=O)N2CCC3(CC2)CN(S(C)(=O)=O)c2ccccc23)CCCC1. The zero-order valence-electron chi connectivity index (χ0n) is 24.3. The van der Waals surface area contributed by atoms with Crippen molar-refractivity contribution in [2.45, 2.75) is 62.1 Å². The highest BCUT2D eigenvalue weighted by Gasteiger charge is 2.49. The van der Waals surface area contributed by atoms with Crippen LogP contribution in [0.15, 0.2) is 54.6 Å². The second-order valence-corrected chi connectivity index (χ2v) is 14.0. The molecule has 2 aromatic carbocycles. The first-order chi connectivity index (χ1) is 19.6. The molecule has 1 saturated heterocycles. The normalized spacial score (nSPS) is 20.3. The molecule has 1 N–H and O–H groups in total. The molecule has 2 aromatic rings. The monoisotopic (exact) mass is 582 g/mol. The fraction of sp³-hybridized carbons (Fsp3) is 0.548. The Morgan fingerprint density at radius 3 is 2.24 bits per heavy atom. The molecule has 9 nitrogen and oxygen atoms in total. The van der Waals surface area contributed by atoms with Gasteiger partial charge in [0.15, 0.2) is 0 Å². The summed E-state index contributed by atoms with van der Waals surface area (Å²) < 4.78 is 32.6. The van der Waals surface area contributed by atoms with Crippen LogP contribution >= 0.6 is 0 Å². The minimum absolute atomic E-state index is 0.0787. The van der Waals surface area contributed by atoms with Crippen LogP contribution < -0.4 is 9.62 Å². The van der Waals surface area contributed by atoms with Gasteiger partial charge in [-0.2, -0.15) is 0 Å². The number of likely N-dealkylation sites (N-methyl/N-ethyl adjacent to an activating group) is 1. The van der Waals surface area contributed by atoms with Crippen molar-refractivity contribution >= 4 is 27.5 Å². The lowest BCUT2D eigenvalue weighted by Crippen LogP contribution is -2.61. The fourth-order valence-corrected chi connectivity index (χ4v) is 7.86. The largest absolute Gasteiger partial charge is 0.374 e. The molecule has 0 unspecified atom stereocenters.